The molecule has 1 aromatic heterocycles. The number of carboxylic acid groups (broad SMARTS) is 1. The summed E-state index contributed by atoms with van der Waals surface area (Å²) in [5, 5.41) is 13.5. The highest BCUT2D eigenvalue weighted by Crippen LogP contribution is 2.41. The summed E-state index contributed by atoms with van der Waals surface area (Å²) in [4.78, 5) is 26.7. The van der Waals surface area contributed by atoms with Crippen molar-refractivity contribution in [1.82, 2.24) is 9.88 Å². The summed E-state index contributed by atoms with van der Waals surface area (Å²) in [5.74, 6) is 0.0846. The summed E-state index contributed by atoms with van der Waals surface area (Å²) in [6.45, 7) is 2.97. The van der Waals surface area contributed by atoms with Crippen LogP contribution < -0.4 is 20.4 Å². The molecule has 2 unspecified atom stereocenters. The standard InChI is InChI=1S/C21H25N3O4/c1-28-19-7-14-17(24(13-4-5-13)10-15(20(14)25)21(26)27)8-18(19)23-9-12-3-2-6-22-16(12)11-23/h7-8,10,12-13,16,22H,2-6,9,11H2,1H3,(H,26,27). The molecule has 1 aliphatic carbocycles. The first-order valence-corrected chi connectivity index (χ1v) is 10.1. The number of carboxylic acids is 1. The first-order chi connectivity index (χ1) is 13.6. The molecule has 2 atom stereocenters. The van der Waals surface area contributed by atoms with Crippen molar-refractivity contribution < 1.29 is 14.6 Å². The van der Waals surface area contributed by atoms with Crippen molar-refractivity contribution in [3.8, 4) is 5.75 Å². The second-order valence-electron chi connectivity index (χ2n) is 8.22. The molecule has 3 fully saturated rings. The van der Waals surface area contributed by atoms with E-state index in [9.17, 15) is 14.7 Å². The number of hydrogen-bond acceptors (Lipinski definition) is 5. The minimum absolute atomic E-state index is 0.175. The number of methoxy groups -OCH3 is 1. The number of pyridine rings is 1. The highest BCUT2D eigenvalue weighted by molar-refractivity contribution is 5.94. The highest BCUT2D eigenvalue weighted by Gasteiger charge is 2.36. The van der Waals surface area contributed by atoms with E-state index >= 15 is 0 Å². The fourth-order valence-corrected chi connectivity index (χ4v) is 4.83. The number of fused-ring (bicyclic) bond motifs is 2. The Kier molecular flexibility index (Phi) is 4.08. The van der Waals surface area contributed by atoms with Crippen LogP contribution in [0.25, 0.3) is 10.9 Å². The Bertz CT molecular complexity index is 997. The van der Waals surface area contributed by atoms with Gasteiger partial charge in [-0.05, 0) is 50.3 Å². The third-order valence-corrected chi connectivity index (χ3v) is 6.44. The van der Waals surface area contributed by atoms with Crippen LogP contribution in [0.1, 0.15) is 42.1 Å². The molecule has 7 heteroatoms. The summed E-state index contributed by atoms with van der Waals surface area (Å²) in [6.07, 6.45) is 5.99. The summed E-state index contributed by atoms with van der Waals surface area (Å²) in [7, 11) is 1.60. The van der Waals surface area contributed by atoms with E-state index in [4.69, 9.17) is 4.74 Å². The minimum atomic E-state index is -1.18. The lowest BCUT2D eigenvalue weighted by molar-refractivity contribution is 0.0695. The summed E-state index contributed by atoms with van der Waals surface area (Å²) >= 11 is 0. The predicted octanol–water partition coefficient (Wildman–Crippen LogP) is 2.23. The quantitative estimate of drug-likeness (QED) is 0.842. The zero-order valence-corrected chi connectivity index (χ0v) is 16.0. The van der Waals surface area contributed by atoms with Crippen molar-refractivity contribution in [1.29, 1.82) is 0 Å². The lowest BCUT2D eigenvalue weighted by Gasteiger charge is -2.24. The maximum Gasteiger partial charge on any atom is 0.341 e. The molecule has 2 aliphatic heterocycles. The van der Waals surface area contributed by atoms with Crippen molar-refractivity contribution in [2.75, 3.05) is 31.6 Å². The average molecular weight is 383 g/mol. The van der Waals surface area contributed by atoms with Gasteiger partial charge in [0.2, 0.25) is 5.43 Å². The number of nitrogens with zero attached hydrogens (tertiary/aromatic N) is 2. The lowest BCUT2D eigenvalue weighted by atomic mass is 9.94. The summed E-state index contributed by atoms with van der Waals surface area (Å²) in [6, 6.07) is 4.52. The van der Waals surface area contributed by atoms with Crippen LogP contribution in [-0.4, -0.2) is 48.4 Å². The van der Waals surface area contributed by atoms with Crippen LogP contribution in [0.2, 0.25) is 0 Å². The lowest BCUT2D eigenvalue weighted by Crippen LogP contribution is -2.40. The van der Waals surface area contributed by atoms with Gasteiger partial charge in [0.05, 0.1) is 23.7 Å². The van der Waals surface area contributed by atoms with Gasteiger partial charge in [-0.2, -0.15) is 0 Å². The highest BCUT2D eigenvalue weighted by atomic mass is 16.5. The van der Waals surface area contributed by atoms with Gasteiger partial charge in [0, 0.05) is 31.4 Å². The molecule has 5 rings (SSSR count). The third kappa shape index (κ3) is 2.76. The molecule has 0 bridgehead atoms. The molecular formula is C21H25N3O4. The minimum Gasteiger partial charge on any atom is -0.495 e. The van der Waals surface area contributed by atoms with Crippen LogP contribution in [-0.2, 0) is 0 Å². The Hall–Kier alpha value is -2.54. The van der Waals surface area contributed by atoms with Gasteiger partial charge in [0.25, 0.3) is 0 Å². The van der Waals surface area contributed by atoms with Gasteiger partial charge in [-0.3, -0.25) is 4.79 Å². The number of nitrogens with one attached hydrogen (secondary N) is 1. The predicted molar refractivity (Wildman–Crippen MR) is 107 cm³/mol. The normalized spacial score (nSPS) is 24.4. The molecule has 1 saturated carbocycles. The summed E-state index contributed by atoms with van der Waals surface area (Å²) < 4.78 is 7.61. The van der Waals surface area contributed by atoms with Crippen molar-refractivity contribution in [2.24, 2.45) is 5.92 Å². The Balaban J connectivity index is 1.66. The molecule has 0 amide bonds. The topological polar surface area (TPSA) is 83.8 Å². The molecule has 148 valence electrons. The maximum atomic E-state index is 12.8. The molecule has 1 aromatic carbocycles. The molecular weight excluding hydrogens is 358 g/mol. The van der Waals surface area contributed by atoms with Crippen molar-refractivity contribution in [3.05, 3.63) is 34.1 Å². The molecule has 28 heavy (non-hydrogen) atoms. The molecule has 0 radical (unpaired) electrons. The number of piperidine rings is 1. The van der Waals surface area contributed by atoms with Crippen LogP contribution in [0.5, 0.6) is 5.75 Å². The number of aromatic carboxylic acids is 1. The third-order valence-electron chi connectivity index (χ3n) is 6.44. The molecule has 3 heterocycles. The smallest absolute Gasteiger partial charge is 0.341 e. The number of aromatic nitrogens is 1. The fourth-order valence-electron chi connectivity index (χ4n) is 4.83. The van der Waals surface area contributed by atoms with Crippen LogP contribution in [0, 0.1) is 5.92 Å². The number of ether oxygens (including phenoxy) is 1. The Morgan fingerprint density at radius 2 is 2.07 bits per heavy atom. The number of anilines is 1. The van der Waals surface area contributed by atoms with Gasteiger partial charge in [-0.1, -0.05) is 0 Å². The van der Waals surface area contributed by atoms with E-state index in [0.717, 1.165) is 43.7 Å². The van der Waals surface area contributed by atoms with Gasteiger partial charge >= 0.3 is 5.97 Å². The molecule has 0 spiro atoms. The second-order valence-corrected chi connectivity index (χ2v) is 8.22. The Labute approximate surface area is 162 Å². The van der Waals surface area contributed by atoms with Gasteiger partial charge in [-0.25, -0.2) is 4.79 Å². The van der Waals surface area contributed by atoms with Crippen molar-refractivity contribution in [2.45, 2.75) is 37.8 Å². The van der Waals surface area contributed by atoms with Crippen molar-refractivity contribution >= 4 is 22.6 Å². The van der Waals surface area contributed by atoms with Crippen LogP contribution in [0.4, 0.5) is 5.69 Å². The van der Waals surface area contributed by atoms with E-state index in [1.54, 1.807) is 13.2 Å². The SMILES string of the molecule is COc1cc2c(=O)c(C(=O)O)cn(C3CC3)c2cc1N1CC2CCCNC2C1. The van der Waals surface area contributed by atoms with Gasteiger partial charge in [0.15, 0.2) is 0 Å². The molecule has 2 N–H and O–H groups in total. The fraction of sp³-hybridized carbons (Fsp3) is 0.524. The summed E-state index contributed by atoms with van der Waals surface area (Å²) in [5.41, 5.74) is 1.17. The van der Waals surface area contributed by atoms with Crippen LogP contribution >= 0.6 is 0 Å². The maximum absolute atomic E-state index is 12.8. The number of rotatable bonds is 4. The number of hydrogen-bond donors (Lipinski definition) is 2. The first-order valence-electron chi connectivity index (χ1n) is 10.1. The molecule has 2 aromatic rings. The van der Waals surface area contributed by atoms with E-state index in [0.29, 0.717) is 23.1 Å². The molecule has 2 saturated heterocycles. The van der Waals surface area contributed by atoms with Gasteiger partial charge in [0.1, 0.15) is 11.3 Å². The van der Waals surface area contributed by atoms with Gasteiger partial charge in [-0.15, -0.1) is 0 Å². The van der Waals surface area contributed by atoms with Crippen molar-refractivity contribution in [3.63, 3.8) is 0 Å². The first kappa shape index (κ1) is 17.6. The Morgan fingerprint density at radius 1 is 1.25 bits per heavy atom. The van der Waals surface area contributed by atoms with E-state index in [-0.39, 0.29) is 11.6 Å². The van der Waals surface area contributed by atoms with E-state index < -0.39 is 11.4 Å². The molecule has 3 aliphatic rings. The zero-order chi connectivity index (χ0) is 19.4. The van der Waals surface area contributed by atoms with Crippen LogP contribution in [0.3, 0.4) is 0 Å². The monoisotopic (exact) mass is 383 g/mol. The zero-order valence-electron chi connectivity index (χ0n) is 16.0. The Morgan fingerprint density at radius 3 is 2.75 bits per heavy atom. The van der Waals surface area contributed by atoms with E-state index in [1.165, 1.54) is 19.0 Å². The largest absolute Gasteiger partial charge is 0.495 e. The van der Waals surface area contributed by atoms with E-state index in [2.05, 4.69) is 10.2 Å². The van der Waals surface area contributed by atoms with E-state index in [1.807, 2.05) is 10.6 Å². The second kappa shape index (κ2) is 6.51. The van der Waals surface area contributed by atoms with Crippen LogP contribution in [0.15, 0.2) is 23.1 Å². The van der Waals surface area contributed by atoms with Gasteiger partial charge < -0.3 is 24.6 Å². The molecule has 7 nitrogen and oxygen atoms in total. The number of carbonyl (C=O) groups is 1. The number of benzene rings is 1. The average Bonchev–Trinajstić information content (AvgIpc) is 3.44.